The van der Waals surface area contributed by atoms with Crippen molar-refractivity contribution >= 4 is 5.91 Å². The molecule has 2 nitrogen and oxygen atoms in total. The van der Waals surface area contributed by atoms with Crippen LogP contribution in [0.3, 0.4) is 0 Å². The fourth-order valence-electron chi connectivity index (χ4n) is 3.77. The molecule has 1 unspecified atom stereocenters. The molecule has 0 bridgehead atoms. The van der Waals surface area contributed by atoms with Gasteiger partial charge in [0, 0.05) is 19.0 Å². The molecule has 27 heavy (non-hydrogen) atoms. The zero-order valence-corrected chi connectivity index (χ0v) is 16.1. The van der Waals surface area contributed by atoms with Gasteiger partial charge >= 0.3 is 0 Å². The molecule has 3 aromatic rings. The minimum atomic E-state index is -0.254. The van der Waals surface area contributed by atoms with Gasteiger partial charge in [-0.05, 0) is 30.5 Å². The van der Waals surface area contributed by atoms with Gasteiger partial charge in [-0.25, -0.2) is 0 Å². The summed E-state index contributed by atoms with van der Waals surface area (Å²) < 4.78 is 0. The number of amides is 1. The highest BCUT2D eigenvalue weighted by atomic mass is 16.2. The van der Waals surface area contributed by atoms with E-state index in [2.05, 4.69) is 60.7 Å². The van der Waals surface area contributed by atoms with E-state index in [1.165, 1.54) is 0 Å². The SMILES string of the molecule is CCN(CC)C(=O)C(c1ccccc1)C(c1ccccc1)c1ccccc1. The Morgan fingerprint density at radius 1 is 0.667 bits per heavy atom. The lowest BCUT2D eigenvalue weighted by Gasteiger charge is -2.32. The largest absolute Gasteiger partial charge is 0.343 e. The lowest BCUT2D eigenvalue weighted by Crippen LogP contribution is -2.37. The first-order chi connectivity index (χ1) is 13.3. The number of likely N-dealkylation sites (N-methyl/N-ethyl adjacent to an activating group) is 1. The molecule has 3 aromatic carbocycles. The summed E-state index contributed by atoms with van der Waals surface area (Å²) in [6.45, 7) is 5.52. The average Bonchev–Trinajstić information content (AvgIpc) is 2.74. The Hall–Kier alpha value is -2.87. The number of carbonyl (C=O) groups is 1. The topological polar surface area (TPSA) is 20.3 Å². The van der Waals surface area contributed by atoms with Crippen LogP contribution in [0.15, 0.2) is 91.0 Å². The number of hydrogen-bond donors (Lipinski definition) is 0. The zero-order chi connectivity index (χ0) is 19.1. The van der Waals surface area contributed by atoms with Crippen LogP contribution in [-0.2, 0) is 4.79 Å². The fourth-order valence-corrected chi connectivity index (χ4v) is 3.77. The fraction of sp³-hybridized carbons (Fsp3) is 0.240. The quantitative estimate of drug-likeness (QED) is 0.549. The predicted molar refractivity (Wildman–Crippen MR) is 112 cm³/mol. The summed E-state index contributed by atoms with van der Waals surface area (Å²) in [5.41, 5.74) is 3.39. The van der Waals surface area contributed by atoms with Gasteiger partial charge in [0.15, 0.2) is 0 Å². The van der Waals surface area contributed by atoms with Gasteiger partial charge < -0.3 is 4.90 Å². The van der Waals surface area contributed by atoms with Crippen molar-refractivity contribution in [1.82, 2.24) is 4.90 Å². The highest BCUT2D eigenvalue weighted by Gasteiger charge is 2.34. The molecule has 0 fully saturated rings. The van der Waals surface area contributed by atoms with Gasteiger partial charge in [0.25, 0.3) is 0 Å². The standard InChI is InChI=1S/C25H27NO/c1-3-26(4-2)25(27)24(22-18-12-7-13-19-22)23(20-14-8-5-9-15-20)21-16-10-6-11-17-21/h5-19,23-24H,3-4H2,1-2H3. The van der Waals surface area contributed by atoms with Crippen LogP contribution in [-0.4, -0.2) is 23.9 Å². The number of rotatable bonds is 7. The van der Waals surface area contributed by atoms with Crippen LogP contribution < -0.4 is 0 Å². The first-order valence-corrected chi connectivity index (χ1v) is 9.69. The maximum atomic E-state index is 13.6. The Labute approximate surface area is 162 Å². The molecule has 2 heteroatoms. The molecule has 0 aliphatic carbocycles. The maximum absolute atomic E-state index is 13.6. The van der Waals surface area contributed by atoms with Gasteiger partial charge in [-0.1, -0.05) is 91.0 Å². The van der Waals surface area contributed by atoms with E-state index in [0.29, 0.717) is 0 Å². The second-order valence-corrected chi connectivity index (χ2v) is 6.70. The van der Waals surface area contributed by atoms with Crippen molar-refractivity contribution in [2.45, 2.75) is 25.7 Å². The Bertz CT molecular complexity index is 786. The molecule has 0 spiro atoms. The van der Waals surface area contributed by atoms with Crippen molar-refractivity contribution in [1.29, 1.82) is 0 Å². The van der Waals surface area contributed by atoms with Gasteiger partial charge in [-0.3, -0.25) is 4.79 Å². The third-order valence-corrected chi connectivity index (χ3v) is 5.15. The summed E-state index contributed by atoms with van der Waals surface area (Å²) in [5, 5.41) is 0. The van der Waals surface area contributed by atoms with E-state index in [-0.39, 0.29) is 17.7 Å². The van der Waals surface area contributed by atoms with Crippen LogP contribution in [0.4, 0.5) is 0 Å². The molecule has 1 amide bonds. The van der Waals surface area contributed by atoms with Crippen molar-refractivity contribution in [3.05, 3.63) is 108 Å². The molecular formula is C25H27NO. The van der Waals surface area contributed by atoms with Crippen molar-refractivity contribution in [2.75, 3.05) is 13.1 Å². The van der Waals surface area contributed by atoms with Gasteiger partial charge in [0.1, 0.15) is 0 Å². The molecule has 0 saturated heterocycles. The molecule has 0 N–H and O–H groups in total. The second-order valence-electron chi connectivity index (χ2n) is 6.70. The summed E-state index contributed by atoms with van der Waals surface area (Å²) in [6.07, 6.45) is 0. The molecule has 0 heterocycles. The lowest BCUT2D eigenvalue weighted by atomic mass is 9.76. The second kappa shape index (κ2) is 9.18. The first-order valence-electron chi connectivity index (χ1n) is 9.69. The summed E-state index contributed by atoms with van der Waals surface area (Å²) >= 11 is 0. The monoisotopic (exact) mass is 357 g/mol. The molecule has 3 rings (SSSR count). The van der Waals surface area contributed by atoms with Crippen molar-refractivity contribution in [3.63, 3.8) is 0 Å². The summed E-state index contributed by atoms with van der Waals surface area (Å²) in [6, 6.07) is 31.0. The number of benzene rings is 3. The van der Waals surface area contributed by atoms with E-state index in [0.717, 1.165) is 29.8 Å². The molecule has 0 radical (unpaired) electrons. The van der Waals surface area contributed by atoms with Crippen molar-refractivity contribution in [2.24, 2.45) is 0 Å². The lowest BCUT2D eigenvalue weighted by molar-refractivity contribution is -0.132. The predicted octanol–water partition coefficient (Wildman–Crippen LogP) is 5.47. The maximum Gasteiger partial charge on any atom is 0.231 e. The minimum absolute atomic E-state index is 0.0251. The molecule has 0 aliphatic heterocycles. The Balaban J connectivity index is 2.17. The van der Waals surface area contributed by atoms with Crippen LogP contribution in [0, 0.1) is 0 Å². The van der Waals surface area contributed by atoms with E-state index in [1.54, 1.807) is 0 Å². The summed E-state index contributed by atoms with van der Waals surface area (Å²) in [4.78, 5) is 15.6. The van der Waals surface area contributed by atoms with E-state index < -0.39 is 0 Å². The zero-order valence-electron chi connectivity index (χ0n) is 16.1. The molecule has 0 aromatic heterocycles. The highest BCUT2D eigenvalue weighted by molar-refractivity contribution is 5.85. The first kappa shape index (κ1) is 18.9. The van der Waals surface area contributed by atoms with Crippen LogP contribution in [0.2, 0.25) is 0 Å². The summed E-state index contributed by atoms with van der Waals surface area (Å²) in [7, 11) is 0. The summed E-state index contributed by atoms with van der Waals surface area (Å²) in [5.74, 6) is -0.0947. The third-order valence-electron chi connectivity index (χ3n) is 5.15. The van der Waals surface area contributed by atoms with Gasteiger partial charge in [-0.2, -0.15) is 0 Å². The van der Waals surface area contributed by atoms with Crippen LogP contribution in [0.5, 0.6) is 0 Å². The normalized spacial score (nSPS) is 12.0. The van der Waals surface area contributed by atoms with E-state index in [4.69, 9.17) is 0 Å². The van der Waals surface area contributed by atoms with Crippen molar-refractivity contribution in [3.8, 4) is 0 Å². The molecular weight excluding hydrogens is 330 g/mol. The van der Waals surface area contributed by atoms with Crippen LogP contribution in [0.1, 0.15) is 42.4 Å². The highest BCUT2D eigenvalue weighted by Crippen LogP contribution is 2.39. The van der Waals surface area contributed by atoms with Gasteiger partial charge in [-0.15, -0.1) is 0 Å². The van der Waals surface area contributed by atoms with Crippen LogP contribution >= 0.6 is 0 Å². The Morgan fingerprint density at radius 3 is 1.41 bits per heavy atom. The number of carbonyl (C=O) groups excluding carboxylic acids is 1. The Morgan fingerprint density at radius 2 is 1.04 bits per heavy atom. The van der Waals surface area contributed by atoms with E-state index >= 15 is 0 Å². The molecule has 138 valence electrons. The van der Waals surface area contributed by atoms with Crippen LogP contribution in [0.25, 0.3) is 0 Å². The van der Waals surface area contributed by atoms with Gasteiger partial charge in [0.05, 0.1) is 5.92 Å². The molecule has 0 saturated carbocycles. The van der Waals surface area contributed by atoms with E-state index in [1.807, 2.05) is 49.1 Å². The molecule has 0 aliphatic rings. The number of hydrogen-bond acceptors (Lipinski definition) is 1. The number of nitrogens with zero attached hydrogens (tertiary/aromatic N) is 1. The molecule has 1 atom stereocenters. The Kier molecular flexibility index (Phi) is 6.43. The smallest absolute Gasteiger partial charge is 0.231 e. The minimum Gasteiger partial charge on any atom is -0.343 e. The van der Waals surface area contributed by atoms with Crippen molar-refractivity contribution < 1.29 is 4.79 Å². The third kappa shape index (κ3) is 4.28. The average molecular weight is 357 g/mol. The van der Waals surface area contributed by atoms with Gasteiger partial charge in [0.2, 0.25) is 5.91 Å². The van der Waals surface area contributed by atoms with E-state index in [9.17, 15) is 4.79 Å².